The van der Waals surface area contributed by atoms with Crippen molar-refractivity contribution < 1.29 is 4.39 Å². The lowest BCUT2D eigenvalue weighted by molar-refractivity contribution is 0.193. The van der Waals surface area contributed by atoms with Crippen molar-refractivity contribution in [3.8, 4) is 0 Å². The maximum atomic E-state index is 13.2. The maximum Gasteiger partial charge on any atom is 0.123 e. The van der Waals surface area contributed by atoms with E-state index in [0.29, 0.717) is 6.04 Å². The summed E-state index contributed by atoms with van der Waals surface area (Å²) in [5.74, 6) is -0.155. The summed E-state index contributed by atoms with van der Waals surface area (Å²) in [5, 5.41) is 3.55. The van der Waals surface area contributed by atoms with Gasteiger partial charge in [-0.05, 0) is 23.3 Å². The fraction of sp³-hybridized carbons (Fsp3) is 0.294. The topological polar surface area (TPSA) is 15.3 Å². The predicted octanol–water partition coefficient (Wildman–Crippen LogP) is 2.97. The molecule has 1 N–H and O–H groups in total. The van der Waals surface area contributed by atoms with Crippen LogP contribution >= 0.6 is 0 Å². The van der Waals surface area contributed by atoms with Crippen molar-refractivity contribution in [2.45, 2.75) is 12.6 Å². The van der Waals surface area contributed by atoms with Crippen LogP contribution in [0.2, 0.25) is 0 Å². The summed E-state index contributed by atoms with van der Waals surface area (Å²) in [4.78, 5) is 2.38. The van der Waals surface area contributed by atoms with Crippen molar-refractivity contribution in [2.75, 3.05) is 19.6 Å². The van der Waals surface area contributed by atoms with E-state index in [-0.39, 0.29) is 5.82 Å². The van der Waals surface area contributed by atoms with Crippen LogP contribution < -0.4 is 5.32 Å². The number of halogens is 1. The van der Waals surface area contributed by atoms with E-state index in [9.17, 15) is 4.39 Å². The lowest BCUT2D eigenvalue weighted by atomic mass is 10.0. The summed E-state index contributed by atoms with van der Waals surface area (Å²) >= 11 is 0. The van der Waals surface area contributed by atoms with Gasteiger partial charge in [-0.3, -0.25) is 4.90 Å². The number of piperazine rings is 1. The summed E-state index contributed by atoms with van der Waals surface area (Å²) in [7, 11) is 0. The molecular weight excluding hydrogens is 251 g/mol. The van der Waals surface area contributed by atoms with Gasteiger partial charge in [0.05, 0.1) is 0 Å². The molecule has 0 spiro atoms. The third-order valence-corrected chi connectivity index (χ3v) is 3.76. The highest BCUT2D eigenvalue weighted by atomic mass is 19.1. The standard InChI is InChI=1S/C17H19FN2/c18-16-8-4-5-14(11-16)12-20-10-9-19-17(13-20)15-6-2-1-3-7-15/h1-8,11,17,19H,9-10,12-13H2. The molecule has 0 amide bonds. The molecular formula is C17H19FN2. The number of rotatable bonds is 3. The first-order chi connectivity index (χ1) is 9.81. The highest BCUT2D eigenvalue weighted by Crippen LogP contribution is 2.18. The molecule has 0 radical (unpaired) electrons. The number of hydrogen-bond acceptors (Lipinski definition) is 2. The van der Waals surface area contributed by atoms with E-state index in [2.05, 4.69) is 34.5 Å². The second-order valence-electron chi connectivity index (χ2n) is 5.28. The lowest BCUT2D eigenvalue weighted by Gasteiger charge is -2.34. The Kier molecular flexibility index (Phi) is 4.09. The fourth-order valence-corrected chi connectivity index (χ4v) is 2.76. The van der Waals surface area contributed by atoms with Crippen LogP contribution in [0.15, 0.2) is 54.6 Å². The van der Waals surface area contributed by atoms with Crippen molar-refractivity contribution in [1.82, 2.24) is 10.2 Å². The molecule has 3 heteroatoms. The number of hydrogen-bond donors (Lipinski definition) is 1. The van der Waals surface area contributed by atoms with Gasteiger partial charge in [-0.1, -0.05) is 42.5 Å². The van der Waals surface area contributed by atoms with Crippen LogP contribution in [0.5, 0.6) is 0 Å². The Morgan fingerprint density at radius 1 is 1.10 bits per heavy atom. The number of nitrogens with one attached hydrogen (secondary N) is 1. The van der Waals surface area contributed by atoms with Crippen LogP contribution in [-0.4, -0.2) is 24.5 Å². The molecule has 1 heterocycles. The minimum atomic E-state index is -0.155. The minimum Gasteiger partial charge on any atom is -0.308 e. The van der Waals surface area contributed by atoms with E-state index in [1.807, 2.05) is 12.1 Å². The monoisotopic (exact) mass is 270 g/mol. The zero-order valence-corrected chi connectivity index (χ0v) is 11.4. The Morgan fingerprint density at radius 2 is 1.95 bits per heavy atom. The van der Waals surface area contributed by atoms with Crippen LogP contribution in [0.25, 0.3) is 0 Å². The quantitative estimate of drug-likeness (QED) is 0.922. The molecule has 20 heavy (non-hydrogen) atoms. The summed E-state index contributed by atoms with van der Waals surface area (Å²) in [6.45, 7) is 3.73. The Bertz CT molecular complexity index is 556. The fourth-order valence-electron chi connectivity index (χ4n) is 2.76. The molecule has 0 aliphatic carbocycles. The summed E-state index contributed by atoms with van der Waals surface area (Å²) in [6.07, 6.45) is 0. The van der Waals surface area contributed by atoms with Crippen LogP contribution in [0.1, 0.15) is 17.2 Å². The van der Waals surface area contributed by atoms with E-state index >= 15 is 0 Å². The zero-order chi connectivity index (χ0) is 13.8. The van der Waals surface area contributed by atoms with Gasteiger partial charge >= 0.3 is 0 Å². The Balaban J connectivity index is 1.66. The van der Waals surface area contributed by atoms with Gasteiger partial charge in [0, 0.05) is 32.2 Å². The highest BCUT2D eigenvalue weighted by molar-refractivity contribution is 5.20. The van der Waals surface area contributed by atoms with E-state index in [1.165, 1.54) is 11.6 Å². The first-order valence-electron chi connectivity index (χ1n) is 7.06. The molecule has 2 aromatic carbocycles. The summed E-state index contributed by atoms with van der Waals surface area (Å²) in [5.41, 5.74) is 2.36. The van der Waals surface area contributed by atoms with Gasteiger partial charge in [-0.15, -0.1) is 0 Å². The van der Waals surface area contributed by atoms with Gasteiger partial charge in [0.1, 0.15) is 5.82 Å². The molecule has 1 unspecified atom stereocenters. The molecule has 1 saturated heterocycles. The molecule has 0 bridgehead atoms. The van der Waals surface area contributed by atoms with Crippen molar-refractivity contribution in [3.05, 3.63) is 71.5 Å². The Labute approximate surface area is 119 Å². The normalized spacial score (nSPS) is 19.9. The molecule has 1 aliphatic rings. The average Bonchev–Trinajstić information content (AvgIpc) is 2.48. The second-order valence-corrected chi connectivity index (χ2v) is 5.28. The molecule has 3 rings (SSSR count). The lowest BCUT2D eigenvalue weighted by Crippen LogP contribution is -2.45. The van der Waals surface area contributed by atoms with Crippen molar-refractivity contribution in [3.63, 3.8) is 0 Å². The first-order valence-corrected chi connectivity index (χ1v) is 7.06. The summed E-state index contributed by atoms with van der Waals surface area (Å²) < 4.78 is 13.2. The Hall–Kier alpha value is -1.71. The van der Waals surface area contributed by atoms with Gasteiger partial charge in [-0.25, -0.2) is 4.39 Å². The molecule has 1 atom stereocenters. The largest absolute Gasteiger partial charge is 0.308 e. The first kappa shape index (κ1) is 13.3. The molecule has 0 saturated carbocycles. The molecule has 0 aromatic heterocycles. The van der Waals surface area contributed by atoms with Gasteiger partial charge in [0.15, 0.2) is 0 Å². The van der Waals surface area contributed by atoms with E-state index in [0.717, 1.165) is 31.7 Å². The van der Waals surface area contributed by atoms with Crippen LogP contribution in [0.4, 0.5) is 4.39 Å². The van der Waals surface area contributed by atoms with E-state index in [1.54, 1.807) is 12.1 Å². The highest BCUT2D eigenvalue weighted by Gasteiger charge is 2.20. The van der Waals surface area contributed by atoms with Gasteiger partial charge in [-0.2, -0.15) is 0 Å². The molecule has 2 nitrogen and oxygen atoms in total. The van der Waals surface area contributed by atoms with Gasteiger partial charge < -0.3 is 5.32 Å². The number of benzene rings is 2. The van der Waals surface area contributed by atoms with Crippen LogP contribution in [0.3, 0.4) is 0 Å². The third kappa shape index (κ3) is 3.24. The van der Waals surface area contributed by atoms with Crippen molar-refractivity contribution in [2.24, 2.45) is 0 Å². The van der Waals surface area contributed by atoms with Crippen molar-refractivity contribution in [1.29, 1.82) is 0 Å². The molecule has 2 aromatic rings. The Morgan fingerprint density at radius 3 is 2.75 bits per heavy atom. The molecule has 1 fully saturated rings. The SMILES string of the molecule is Fc1cccc(CN2CCNC(c3ccccc3)C2)c1. The third-order valence-electron chi connectivity index (χ3n) is 3.76. The molecule has 1 aliphatic heterocycles. The zero-order valence-electron chi connectivity index (χ0n) is 11.4. The van der Waals surface area contributed by atoms with E-state index < -0.39 is 0 Å². The molecule has 104 valence electrons. The van der Waals surface area contributed by atoms with Gasteiger partial charge in [0.2, 0.25) is 0 Å². The van der Waals surface area contributed by atoms with Crippen molar-refractivity contribution >= 4 is 0 Å². The minimum absolute atomic E-state index is 0.155. The number of nitrogens with zero attached hydrogens (tertiary/aromatic N) is 1. The van der Waals surface area contributed by atoms with Crippen LogP contribution in [0, 0.1) is 5.82 Å². The maximum absolute atomic E-state index is 13.2. The van der Waals surface area contributed by atoms with Gasteiger partial charge in [0.25, 0.3) is 0 Å². The average molecular weight is 270 g/mol. The smallest absolute Gasteiger partial charge is 0.123 e. The predicted molar refractivity (Wildman–Crippen MR) is 78.9 cm³/mol. The second kappa shape index (κ2) is 6.16. The van der Waals surface area contributed by atoms with E-state index in [4.69, 9.17) is 0 Å². The van der Waals surface area contributed by atoms with Crippen LogP contribution in [-0.2, 0) is 6.54 Å². The summed E-state index contributed by atoms with van der Waals surface area (Å²) in [6, 6.07) is 17.7.